The minimum Gasteiger partial charge on any atom is -0.207 e. The van der Waals surface area contributed by atoms with Crippen molar-refractivity contribution in [3.05, 3.63) is 34.9 Å². The van der Waals surface area contributed by atoms with E-state index < -0.39 is 11.6 Å². The zero-order valence-electron chi connectivity index (χ0n) is 10.2. The van der Waals surface area contributed by atoms with Gasteiger partial charge in [0.25, 0.3) is 0 Å². The molecule has 0 bridgehead atoms. The highest BCUT2D eigenvalue weighted by atomic mass is 19.1. The Balaban J connectivity index is -0.000000107. The predicted molar refractivity (Wildman–Crippen MR) is 104 cm³/mol. The first-order valence-corrected chi connectivity index (χ1v) is 6.09. The van der Waals surface area contributed by atoms with Crippen molar-refractivity contribution >= 4 is 0 Å². The van der Waals surface area contributed by atoms with Crippen LogP contribution < -0.4 is 0 Å². The van der Waals surface area contributed by atoms with E-state index in [1.165, 1.54) is 38.3 Å². The third-order valence-corrected chi connectivity index (χ3v) is 2.91. The largest absolute Gasteiger partial charge is 0.207 e. The molecule has 0 nitrogen and oxygen atoms in total. The molecule has 0 atom stereocenters. The molecule has 0 saturated carbocycles. The fourth-order valence-electron chi connectivity index (χ4n) is 1.77. The van der Waals surface area contributed by atoms with Gasteiger partial charge in [0, 0.05) is 5.56 Å². The van der Waals surface area contributed by atoms with Gasteiger partial charge in [-0.15, -0.1) is 0 Å². The first-order chi connectivity index (χ1) is 7.65. The summed E-state index contributed by atoms with van der Waals surface area (Å²) in [4.78, 5) is 0. The molecule has 0 heterocycles. The average molecular weight is 323 g/mol. The Morgan fingerprint density at radius 2 is 1.14 bits per heavy atom. The molecule has 0 radical (unpaired) electrons. The first kappa shape index (κ1) is 37.4. The Morgan fingerprint density at radius 1 is 0.727 bits per heavy atom. The van der Waals surface area contributed by atoms with E-state index in [0.717, 1.165) is 24.8 Å². The second-order valence-electron chi connectivity index (χ2n) is 4.35. The van der Waals surface area contributed by atoms with Gasteiger partial charge in [-0.2, -0.15) is 0 Å². The van der Waals surface area contributed by atoms with Crippen molar-refractivity contribution in [2.45, 2.75) is 96.9 Å². The Hall–Kier alpha value is -0.920. The number of unbranched alkanes of at least 4 members (excludes halogenated alkanes) is 4. The first-order valence-electron chi connectivity index (χ1n) is 6.09. The molecule has 0 amide bonds. The molecular formula is C20H44F2. The SMILES string of the molecule is C.C.C.C.C.C.CCCCCCCc1cc(F)c(C)c(F)c1. The smallest absolute Gasteiger partial charge is 0.129 e. The lowest BCUT2D eigenvalue weighted by Gasteiger charge is -2.05. The fourth-order valence-corrected chi connectivity index (χ4v) is 1.77. The maximum atomic E-state index is 13.2. The molecule has 1 aromatic rings. The highest BCUT2D eigenvalue weighted by molar-refractivity contribution is 5.25. The standard InChI is InChI=1S/C14H20F2.6CH4/c1-3-4-5-6-7-8-12-9-13(15)11(2)14(16)10-12;;;;;;/h9-10H,3-8H2,1-2H3;6*1H4. The van der Waals surface area contributed by atoms with Gasteiger partial charge in [0.2, 0.25) is 0 Å². The van der Waals surface area contributed by atoms with Gasteiger partial charge in [0.1, 0.15) is 11.6 Å². The number of halogens is 2. The van der Waals surface area contributed by atoms with Gasteiger partial charge in [0.05, 0.1) is 0 Å². The lowest BCUT2D eigenvalue weighted by Crippen LogP contribution is -1.94. The molecule has 0 aliphatic rings. The van der Waals surface area contributed by atoms with E-state index in [1.807, 2.05) is 0 Å². The minimum atomic E-state index is -0.427. The number of hydrogen-bond acceptors (Lipinski definition) is 0. The summed E-state index contributed by atoms with van der Waals surface area (Å²) >= 11 is 0. The molecule has 2 heteroatoms. The molecular weight excluding hydrogens is 278 g/mol. The summed E-state index contributed by atoms with van der Waals surface area (Å²) in [6.07, 6.45) is 6.61. The molecule has 22 heavy (non-hydrogen) atoms. The molecule has 0 aliphatic carbocycles. The van der Waals surface area contributed by atoms with Crippen molar-refractivity contribution in [3.63, 3.8) is 0 Å². The molecule has 138 valence electrons. The Morgan fingerprint density at radius 3 is 1.55 bits per heavy atom. The monoisotopic (exact) mass is 322 g/mol. The van der Waals surface area contributed by atoms with E-state index in [2.05, 4.69) is 6.92 Å². The third-order valence-electron chi connectivity index (χ3n) is 2.91. The van der Waals surface area contributed by atoms with E-state index in [9.17, 15) is 8.78 Å². The topological polar surface area (TPSA) is 0 Å². The van der Waals surface area contributed by atoms with E-state index in [-0.39, 0.29) is 50.1 Å². The van der Waals surface area contributed by atoms with Gasteiger partial charge in [-0.1, -0.05) is 77.2 Å². The van der Waals surface area contributed by atoms with Crippen molar-refractivity contribution < 1.29 is 8.78 Å². The van der Waals surface area contributed by atoms with Gasteiger partial charge in [-0.25, -0.2) is 8.78 Å². The van der Waals surface area contributed by atoms with Crippen molar-refractivity contribution in [2.24, 2.45) is 0 Å². The summed E-state index contributed by atoms with van der Waals surface area (Å²) in [5.74, 6) is -0.855. The fraction of sp³-hybridized carbons (Fsp3) is 0.700. The molecule has 0 aromatic heterocycles. The maximum Gasteiger partial charge on any atom is 0.129 e. The lowest BCUT2D eigenvalue weighted by atomic mass is 10.0. The van der Waals surface area contributed by atoms with Crippen LogP contribution >= 0.6 is 0 Å². The highest BCUT2D eigenvalue weighted by Crippen LogP contribution is 2.16. The van der Waals surface area contributed by atoms with Crippen LogP contribution in [0.25, 0.3) is 0 Å². The minimum absolute atomic E-state index is 0. The summed E-state index contributed by atoms with van der Waals surface area (Å²) in [6, 6.07) is 2.91. The van der Waals surface area contributed by atoms with Crippen molar-refractivity contribution in [3.8, 4) is 0 Å². The van der Waals surface area contributed by atoms with Gasteiger partial charge < -0.3 is 0 Å². The van der Waals surface area contributed by atoms with Gasteiger partial charge in [-0.05, 0) is 37.5 Å². The summed E-state index contributed by atoms with van der Waals surface area (Å²) in [7, 11) is 0. The zero-order valence-corrected chi connectivity index (χ0v) is 10.2. The Labute approximate surface area is 141 Å². The molecule has 0 unspecified atom stereocenters. The summed E-state index contributed by atoms with van der Waals surface area (Å²) in [5, 5.41) is 0. The van der Waals surface area contributed by atoms with E-state index >= 15 is 0 Å². The Bertz CT molecular complexity index is 309. The van der Waals surface area contributed by atoms with E-state index in [4.69, 9.17) is 0 Å². The van der Waals surface area contributed by atoms with Crippen LogP contribution in [0.1, 0.15) is 94.7 Å². The summed E-state index contributed by atoms with van der Waals surface area (Å²) in [5.41, 5.74) is 0.895. The molecule has 0 aliphatic heterocycles. The quantitative estimate of drug-likeness (QED) is 0.460. The number of hydrogen-bond donors (Lipinski definition) is 0. The molecule has 1 rings (SSSR count). The molecule has 1 aromatic carbocycles. The number of rotatable bonds is 6. The van der Waals surface area contributed by atoms with Gasteiger partial charge in [-0.3, -0.25) is 0 Å². The second-order valence-corrected chi connectivity index (χ2v) is 4.35. The van der Waals surface area contributed by atoms with Crippen LogP contribution in [0.15, 0.2) is 12.1 Å². The predicted octanol–water partition coefficient (Wildman–Crippen LogP) is 8.60. The second kappa shape index (κ2) is 20.1. The van der Waals surface area contributed by atoms with Crippen LogP contribution in [0.3, 0.4) is 0 Å². The molecule has 0 fully saturated rings. The van der Waals surface area contributed by atoms with Crippen LogP contribution in [0, 0.1) is 18.6 Å². The zero-order chi connectivity index (χ0) is 12.0. The van der Waals surface area contributed by atoms with Crippen LogP contribution in [0.2, 0.25) is 0 Å². The van der Waals surface area contributed by atoms with Crippen molar-refractivity contribution in [1.82, 2.24) is 0 Å². The van der Waals surface area contributed by atoms with Gasteiger partial charge >= 0.3 is 0 Å². The normalized spacial score (nSPS) is 7.82. The van der Waals surface area contributed by atoms with Crippen LogP contribution in [-0.2, 0) is 6.42 Å². The van der Waals surface area contributed by atoms with Crippen molar-refractivity contribution in [1.29, 1.82) is 0 Å². The molecule has 0 saturated heterocycles. The average Bonchev–Trinajstić information content (AvgIpc) is 2.25. The lowest BCUT2D eigenvalue weighted by molar-refractivity contribution is 0.561. The van der Waals surface area contributed by atoms with Crippen LogP contribution in [-0.4, -0.2) is 0 Å². The third kappa shape index (κ3) is 12.8. The van der Waals surface area contributed by atoms with E-state index in [1.54, 1.807) is 0 Å². The van der Waals surface area contributed by atoms with Crippen LogP contribution in [0.4, 0.5) is 8.78 Å². The summed E-state index contributed by atoms with van der Waals surface area (Å²) in [6.45, 7) is 3.64. The Kier molecular flexibility index (Phi) is 34.1. The maximum absolute atomic E-state index is 13.2. The summed E-state index contributed by atoms with van der Waals surface area (Å²) < 4.78 is 26.5. The highest BCUT2D eigenvalue weighted by Gasteiger charge is 2.06. The van der Waals surface area contributed by atoms with Crippen LogP contribution in [0.5, 0.6) is 0 Å². The van der Waals surface area contributed by atoms with E-state index in [0.29, 0.717) is 0 Å². The molecule has 0 spiro atoms. The molecule has 0 N–H and O–H groups in total. The number of aryl methyl sites for hydroxylation is 1. The van der Waals surface area contributed by atoms with Crippen molar-refractivity contribution in [2.75, 3.05) is 0 Å². The van der Waals surface area contributed by atoms with Gasteiger partial charge in [0.15, 0.2) is 0 Å². The number of benzene rings is 1.